The van der Waals surface area contributed by atoms with Crippen LogP contribution in [0.5, 0.6) is 0 Å². The lowest BCUT2D eigenvalue weighted by Crippen LogP contribution is -2.54. The number of hydrogen-bond acceptors (Lipinski definition) is 3. The van der Waals surface area contributed by atoms with Crippen molar-refractivity contribution in [3.8, 4) is 11.1 Å². The Morgan fingerprint density at radius 3 is 2.41 bits per heavy atom. The molecule has 34 heavy (non-hydrogen) atoms. The van der Waals surface area contributed by atoms with E-state index in [1.54, 1.807) is 19.1 Å². The molecule has 170 valence electrons. The molecule has 1 aromatic heterocycles. The van der Waals surface area contributed by atoms with Gasteiger partial charge in [-0.05, 0) is 43.2 Å². The molecule has 7 nitrogen and oxygen atoms in total. The number of hydrazine groups is 1. The van der Waals surface area contributed by atoms with Crippen LogP contribution in [-0.4, -0.2) is 28.7 Å². The van der Waals surface area contributed by atoms with Crippen molar-refractivity contribution in [2.24, 2.45) is 0 Å². The highest BCUT2D eigenvalue weighted by Gasteiger charge is 2.33. The van der Waals surface area contributed by atoms with E-state index >= 15 is 0 Å². The fraction of sp³-hybridized carbons (Fsp3) is 0.148. The minimum atomic E-state index is -0.875. The van der Waals surface area contributed by atoms with Crippen LogP contribution < -0.4 is 15.8 Å². The molecular formula is C27H24N4O3. The van der Waals surface area contributed by atoms with E-state index in [2.05, 4.69) is 15.7 Å². The highest BCUT2D eigenvalue weighted by Crippen LogP contribution is 2.39. The van der Waals surface area contributed by atoms with Gasteiger partial charge in [0.25, 0.3) is 17.7 Å². The summed E-state index contributed by atoms with van der Waals surface area (Å²) < 4.78 is 0. The molecule has 3 aromatic carbocycles. The van der Waals surface area contributed by atoms with Gasteiger partial charge in [0.05, 0.1) is 11.6 Å². The summed E-state index contributed by atoms with van der Waals surface area (Å²) in [7, 11) is 0. The Hall–Kier alpha value is -4.39. The molecule has 0 saturated carbocycles. The summed E-state index contributed by atoms with van der Waals surface area (Å²) >= 11 is 0. The first-order chi connectivity index (χ1) is 16.4. The molecular weight excluding hydrogens is 428 g/mol. The molecule has 2 heterocycles. The van der Waals surface area contributed by atoms with E-state index in [0.29, 0.717) is 11.4 Å². The maximum Gasteiger partial charge on any atom is 0.268 e. The minimum absolute atomic E-state index is 0.250. The Balaban J connectivity index is 1.38. The molecule has 0 spiro atoms. The Morgan fingerprint density at radius 2 is 1.62 bits per heavy atom. The lowest BCUT2D eigenvalue weighted by atomic mass is 9.92. The van der Waals surface area contributed by atoms with Crippen molar-refractivity contribution in [1.29, 1.82) is 0 Å². The van der Waals surface area contributed by atoms with Crippen LogP contribution in [0.25, 0.3) is 22.0 Å². The van der Waals surface area contributed by atoms with E-state index < -0.39 is 23.8 Å². The molecule has 0 aliphatic carbocycles. The second-order valence-corrected chi connectivity index (χ2v) is 8.44. The van der Waals surface area contributed by atoms with Gasteiger partial charge in [-0.2, -0.15) is 0 Å². The summed E-state index contributed by atoms with van der Waals surface area (Å²) in [5.74, 6) is -1.60. The van der Waals surface area contributed by atoms with E-state index in [0.717, 1.165) is 27.6 Å². The number of hydrogen-bond donors (Lipinski definition) is 3. The van der Waals surface area contributed by atoms with Gasteiger partial charge in [-0.1, -0.05) is 60.7 Å². The van der Waals surface area contributed by atoms with Crippen LogP contribution in [0.15, 0.2) is 78.9 Å². The molecule has 0 saturated heterocycles. The van der Waals surface area contributed by atoms with Crippen LogP contribution in [0, 0.1) is 0 Å². The van der Waals surface area contributed by atoms with Crippen molar-refractivity contribution >= 4 is 34.3 Å². The second-order valence-electron chi connectivity index (χ2n) is 8.44. The van der Waals surface area contributed by atoms with Gasteiger partial charge in [0.1, 0.15) is 11.7 Å². The van der Waals surface area contributed by atoms with Crippen LogP contribution in [0.2, 0.25) is 0 Å². The predicted molar refractivity (Wildman–Crippen MR) is 131 cm³/mol. The number of anilines is 1. The zero-order valence-electron chi connectivity index (χ0n) is 18.8. The van der Waals surface area contributed by atoms with Gasteiger partial charge in [-0.3, -0.25) is 19.8 Å². The average molecular weight is 453 g/mol. The van der Waals surface area contributed by atoms with Crippen LogP contribution in [-0.2, 0) is 9.59 Å². The van der Waals surface area contributed by atoms with Gasteiger partial charge in [0, 0.05) is 16.5 Å². The summed E-state index contributed by atoms with van der Waals surface area (Å²) in [6, 6.07) is 23.6. The molecule has 1 unspecified atom stereocenters. The SMILES string of the molecule is CC1C(=O)N(NC(=O)[C@H](C)NC(=O)c2cc3ccccc3[nH]2)c2ccccc2-c2ccccc21. The van der Waals surface area contributed by atoms with Crippen molar-refractivity contribution in [1.82, 2.24) is 15.7 Å². The second kappa shape index (κ2) is 8.51. The highest BCUT2D eigenvalue weighted by molar-refractivity contribution is 6.07. The zero-order valence-corrected chi connectivity index (χ0v) is 18.8. The summed E-state index contributed by atoms with van der Waals surface area (Å²) in [5, 5.41) is 4.92. The maximum atomic E-state index is 13.4. The number of para-hydroxylation sites is 2. The number of aromatic nitrogens is 1. The number of carbonyl (C=O) groups excluding carboxylic acids is 3. The van der Waals surface area contributed by atoms with Gasteiger partial charge in [0.2, 0.25) is 0 Å². The summed E-state index contributed by atoms with van der Waals surface area (Å²) in [6.45, 7) is 3.41. The molecule has 4 aromatic rings. The normalized spacial score (nSPS) is 15.8. The first kappa shape index (κ1) is 21.5. The number of carbonyl (C=O) groups is 3. The van der Waals surface area contributed by atoms with Crippen LogP contribution in [0.4, 0.5) is 5.69 Å². The zero-order chi connectivity index (χ0) is 23.8. The Kier molecular flexibility index (Phi) is 5.37. The van der Waals surface area contributed by atoms with Crippen molar-refractivity contribution in [2.75, 3.05) is 5.01 Å². The first-order valence-electron chi connectivity index (χ1n) is 11.2. The van der Waals surface area contributed by atoms with Crippen LogP contribution >= 0.6 is 0 Å². The van der Waals surface area contributed by atoms with E-state index in [1.807, 2.05) is 73.7 Å². The van der Waals surface area contributed by atoms with Gasteiger partial charge in [0.15, 0.2) is 0 Å². The summed E-state index contributed by atoms with van der Waals surface area (Å²) in [4.78, 5) is 42.3. The molecule has 3 amide bonds. The number of benzene rings is 3. The van der Waals surface area contributed by atoms with Crippen molar-refractivity contribution in [3.63, 3.8) is 0 Å². The standard InChI is InChI=1S/C27H24N4O3/c1-16-19-10-4-5-11-20(19)21-12-6-8-14-24(21)31(27(16)34)30-25(32)17(2)28-26(33)23-15-18-9-3-7-13-22(18)29-23/h3-17,29H,1-2H3,(H,28,33)(H,30,32)/t16?,17-/m0/s1. The molecule has 1 aliphatic heterocycles. The van der Waals surface area contributed by atoms with Crippen LogP contribution in [0.1, 0.15) is 35.8 Å². The number of nitrogens with one attached hydrogen (secondary N) is 3. The number of nitrogens with zero attached hydrogens (tertiary/aromatic N) is 1. The highest BCUT2D eigenvalue weighted by atomic mass is 16.2. The van der Waals surface area contributed by atoms with E-state index in [4.69, 9.17) is 0 Å². The molecule has 5 rings (SSSR count). The quantitative estimate of drug-likeness (QED) is 0.434. The van der Waals surface area contributed by atoms with Crippen molar-refractivity contribution < 1.29 is 14.4 Å². The average Bonchev–Trinajstić information content (AvgIpc) is 3.28. The largest absolute Gasteiger partial charge is 0.351 e. The van der Waals surface area contributed by atoms with E-state index in [1.165, 1.54) is 5.01 Å². The van der Waals surface area contributed by atoms with Gasteiger partial charge in [-0.15, -0.1) is 0 Å². The summed E-state index contributed by atoms with van der Waals surface area (Å²) in [5.41, 5.74) is 7.23. The van der Waals surface area contributed by atoms with Crippen molar-refractivity contribution in [2.45, 2.75) is 25.8 Å². The maximum absolute atomic E-state index is 13.4. The topological polar surface area (TPSA) is 94.3 Å². The third-order valence-corrected chi connectivity index (χ3v) is 6.19. The summed E-state index contributed by atoms with van der Waals surface area (Å²) in [6.07, 6.45) is 0. The monoisotopic (exact) mass is 452 g/mol. The number of amides is 3. The number of H-pyrrole nitrogens is 1. The fourth-order valence-corrected chi connectivity index (χ4v) is 4.32. The molecule has 0 radical (unpaired) electrons. The fourth-order valence-electron chi connectivity index (χ4n) is 4.32. The molecule has 1 aliphatic rings. The number of fused-ring (bicyclic) bond motifs is 4. The lowest BCUT2D eigenvalue weighted by molar-refractivity contribution is -0.127. The van der Waals surface area contributed by atoms with Gasteiger partial charge >= 0.3 is 0 Å². The minimum Gasteiger partial charge on any atom is -0.351 e. The van der Waals surface area contributed by atoms with E-state index in [-0.39, 0.29) is 5.91 Å². The van der Waals surface area contributed by atoms with Crippen LogP contribution in [0.3, 0.4) is 0 Å². The third-order valence-electron chi connectivity index (χ3n) is 6.19. The lowest BCUT2D eigenvalue weighted by Gasteiger charge is -2.26. The van der Waals surface area contributed by atoms with Gasteiger partial charge < -0.3 is 10.3 Å². The third kappa shape index (κ3) is 3.71. The Bertz CT molecular complexity index is 1390. The predicted octanol–water partition coefficient (Wildman–Crippen LogP) is 4.13. The van der Waals surface area contributed by atoms with E-state index in [9.17, 15) is 14.4 Å². The number of aromatic amines is 1. The smallest absolute Gasteiger partial charge is 0.268 e. The molecule has 7 heteroatoms. The van der Waals surface area contributed by atoms with Crippen molar-refractivity contribution in [3.05, 3.63) is 90.1 Å². The molecule has 3 N–H and O–H groups in total. The van der Waals surface area contributed by atoms with Gasteiger partial charge in [-0.25, -0.2) is 5.01 Å². The molecule has 0 fully saturated rings. The molecule has 0 bridgehead atoms. The first-order valence-corrected chi connectivity index (χ1v) is 11.2. The number of rotatable bonds is 4. The Labute approximate surface area is 196 Å². The Morgan fingerprint density at radius 1 is 0.941 bits per heavy atom. The molecule has 2 atom stereocenters.